The number of anilines is 1. The molecule has 8 nitrogen and oxygen atoms in total. The Bertz CT molecular complexity index is 538. The minimum absolute atomic E-state index is 0. The summed E-state index contributed by atoms with van der Waals surface area (Å²) in [6, 6.07) is 0. The number of aromatic nitrogens is 4. The van der Waals surface area contributed by atoms with Gasteiger partial charge in [-0.2, -0.15) is 4.98 Å². The first-order chi connectivity index (χ1) is 7.59. The maximum atomic E-state index is 11.5. The fourth-order valence-electron chi connectivity index (χ4n) is 1.22. The quantitative estimate of drug-likeness (QED) is 0.577. The van der Waals surface area contributed by atoms with E-state index in [0.717, 1.165) is 0 Å². The van der Waals surface area contributed by atoms with Crippen molar-refractivity contribution in [2.75, 3.05) is 19.0 Å². The third kappa shape index (κ3) is 3.78. The van der Waals surface area contributed by atoms with Crippen LogP contribution in [0.25, 0.3) is 11.2 Å². The van der Waals surface area contributed by atoms with E-state index in [9.17, 15) is 4.79 Å². The van der Waals surface area contributed by atoms with E-state index in [1.807, 2.05) is 14.1 Å². The van der Waals surface area contributed by atoms with Crippen LogP contribution in [0.4, 0.5) is 5.95 Å². The number of fused-ring (bicyclic) bond motifs is 1. The summed E-state index contributed by atoms with van der Waals surface area (Å²) in [5, 5.41) is 0. The van der Waals surface area contributed by atoms with E-state index >= 15 is 0 Å². The number of nitrogens with one attached hydrogen (secondary N) is 1. The number of halogens is 1. The molecule has 0 fully saturated rings. The second kappa shape index (κ2) is 8.20. The molecule has 0 unspecified atom stereocenters. The average molecular weight is 458 g/mol. The van der Waals surface area contributed by atoms with Gasteiger partial charge in [0, 0.05) is 21.1 Å². The predicted octanol–water partition coefficient (Wildman–Crippen LogP) is 0.734. The Morgan fingerprint density at radius 3 is 2.44 bits per heavy atom. The molecule has 106 valence electrons. The van der Waals surface area contributed by atoms with Crippen molar-refractivity contribution in [1.29, 1.82) is 0 Å². The van der Waals surface area contributed by atoms with Gasteiger partial charge in [-0.3, -0.25) is 9.78 Å². The maximum absolute atomic E-state index is 11.5. The van der Waals surface area contributed by atoms with Gasteiger partial charge < -0.3 is 21.8 Å². The zero-order chi connectivity index (χ0) is 12.3. The summed E-state index contributed by atoms with van der Waals surface area (Å²) in [5.41, 5.74) is 0.759. The molecule has 2 heterocycles. The Balaban J connectivity index is 0. The summed E-state index contributed by atoms with van der Waals surface area (Å²) >= 11 is 1.61. The van der Waals surface area contributed by atoms with Crippen LogP contribution in [0.3, 0.4) is 0 Å². The molecule has 10 heteroatoms. The molecule has 0 atom stereocenters. The van der Waals surface area contributed by atoms with Crippen LogP contribution in [0.2, 0.25) is 0 Å². The Hall–Kier alpha value is -0.952. The van der Waals surface area contributed by atoms with Crippen LogP contribution in [-0.2, 0) is 25.8 Å². The topological polar surface area (TPSA) is 137 Å². The molecular formula is C8H17ClN7OPt+. The number of aryl methyl sites for hydroxylation is 1. The van der Waals surface area contributed by atoms with Crippen LogP contribution in [0.15, 0.2) is 11.1 Å². The first-order valence-corrected chi connectivity index (χ1v) is 7.12. The van der Waals surface area contributed by atoms with Crippen LogP contribution in [0, 0.1) is 0 Å². The van der Waals surface area contributed by atoms with Crippen molar-refractivity contribution >= 4 is 26.5 Å². The average Bonchev–Trinajstić information content (AvgIpc) is 2.64. The minimum atomic E-state index is -0.209. The molecule has 0 bridgehead atoms. The van der Waals surface area contributed by atoms with Crippen molar-refractivity contribution in [2.24, 2.45) is 7.05 Å². The molecule has 7 N–H and O–H groups in total. The zero-order valence-electron chi connectivity index (χ0n) is 10.4. The molecule has 2 aromatic heterocycles. The van der Waals surface area contributed by atoms with Gasteiger partial charge >= 0.3 is 28.2 Å². The SMILES string of the molecule is CN(C)c1nc2c(ncn2C)c(=O)[nH]1.N.N.[Cl][Pt+]. The molecule has 0 radical (unpaired) electrons. The molecule has 0 spiro atoms. The third-order valence-corrected chi connectivity index (χ3v) is 1.98. The van der Waals surface area contributed by atoms with E-state index in [2.05, 4.69) is 24.4 Å². The van der Waals surface area contributed by atoms with Gasteiger partial charge in [0.05, 0.1) is 6.33 Å². The van der Waals surface area contributed by atoms with Gasteiger partial charge in [-0.05, 0) is 0 Å². The van der Waals surface area contributed by atoms with Gasteiger partial charge in [0.1, 0.15) is 0 Å². The fourth-order valence-corrected chi connectivity index (χ4v) is 1.22. The molecule has 2 rings (SSSR count). The second-order valence-electron chi connectivity index (χ2n) is 3.31. The van der Waals surface area contributed by atoms with Gasteiger partial charge in [-0.25, -0.2) is 4.98 Å². The van der Waals surface area contributed by atoms with Crippen molar-refractivity contribution in [2.45, 2.75) is 0 Å². The van der Waals surface area contributed by atoms with Crippen molar-refractivity contribution in [3.05, 3.63) is 16.7 Å². The Labute approximate surface area is 120 Å². The van der Waals surface area contributed by atoms with Crippen LogP contribution < -0.4 is 22.8 Å². The molecule has 0 aromatic carbocycles. The van der Waals surface area contributed by atoms with Crippen LogP contribution in [-0.4, -0.2) is 33.6 Å². The summed E-state index contributed by atoms with van der Waals surface area (Å²) in [5.74, 6) is 0.533. The van der Waals surface area contributed by atoms with Gasteiger partial charge in [-0.1, -0.05) is 0 Å². The second-order valence-corrected chi connectivity index (χ2v) is 3.31. The van der Waals surface area contributed by atoms with E-state index in [1.54, 1.807) is 41.6 Å². The molecule has 2 aromatic rings. The van der Waals surface area contributed by atoms with E-state index in [0.29, 0.717) is 17.1 Å². The Kier molecular flexibility index (Phi) is 8.84. The van der Waals surface area contributed by atoms with Crippen molar-refractivity contribution < 1.29 is 18.8 Å². The van der Waals surface area contributed by atoms with Gasteiger partial charge in [0.15, 0.2) is 11.2 Å². The number of rotatable bonds is 1. The standard InChI is InChI=1S/C8H11N5O.ClH.2H3N.Pt/c1-12(2)8-10-6-5(7(14)11-8)9-4-13(6)3;;;;/h4H,1-3H3,(H,10,11,14);1H;2*1H3;/q;;;;+2/p-1. The van der Waals surface area contributed by atoms with E-state index in [1.165, 1.54) is 0 Å². The van der Waals surface area contributed by atoms with Crippen molar-refractivity contribution in [1.82, 2.24) is 31.8 Å². The number of aromatic amines is 1. The summed E-state index contributed by atoms with van der Waals surface area (Å²) in [6.45, 7) is 0. The molecular weight excluding hydrogens is 441 g/mol. The van der Waals surface area contributed by atoms with Crippen LogP contribution in [0.1, 0.15) is 0 Å². The van der Waals surface area contributed by atoms with Gasteiger partial charge in [0.2, 0.25) is 5.95 Å². The summed E-state index contributed by atoms with van der Waals surface area (Å²) < 4.78 is 1.72. The fraction of sp³-hybridized carbons (Fsp3) is 0.375. The predicted molar refractivity (Wildman–Crippen MR) is 69.4 cm³/mol. The first-order valence-electron chi connectivity index (χ1n) is 4.30. The molecule has 0 aliphatic rings. The summed E-state index contributed by atoms with van der Waals surface area (Å²) in [7, 11) is 10.1. The zero-order valence-corrected chi connectivity index (χ0v) is 13.4. The first kappa shape index (κ1) is 19.4. The number of nitrogens with zero attached hydrogens (tertiary/aromatic N) is 4. The van der Waals surface area contributed by atoms with Crippen LogP contribution in [0.5, 0.6) is 0 Å². The van der Waals surface area contributed by atoms with Gasteiger partial charge in [0.25, 0.3) is 5.56 Å². The normalized spacial score (nSPS) is 8.78. The summed E-state index contributed by atoms with van der Waals surface area (Å²) in [6.07, 6.45) is 1.58. The molecule has 18 heavy (non-hydrogen) atoms. The monoisotopic (exact) mass is 457 g/mol. The molecule has 0 aliphatic heterocycles. The molecule has 0 saturated heterocycles. The molecule has 0 saturated carbocycles. The van der Waals surface area contributed by atoms with E-state index < -0.39 is 0 Å². The van der Waals surface area contributed by atoms with Crippen LogP contribution >= 0.6 is 9.42 Å². The van der Waals surface area contributed by atoms with Crippen molar-refractivity contribution in [3.63, 3.8) is 0 Å². The number of hydrogen-bond acceptors (Lipinski definition) is 6. The molecule has 0 amide bonds. The van der Waals surface area contributed by atoms with E-state index in [4.69, 9.17) is 0 Å². The number of H-pyrrole nitrogens is 1. The van der Waals surface area contributed by atoms with E-state index in [-0.39, 0.29) is 17.9 Å². The third-order valence-electron chi connectivity index (χ3n) is 1.98. The Morgan fingerprint density at radius 1 is 1.39 bits per heavy atom. The number of imidazole rings is 1. The Morgan fingerprint density at radius 2 is 1.94 bits per heavy atom. The molecule has 0 aliphatic carbocycles. The number of hydrogen-bond donors (Lipinski definition) is 3. The summed E-state index contributed by atoms with van der Waals surface area (Å²) in [4.78, 5) is 24.1. The van der Waals surface area contributed by atoms with Gasteiger partial charge in [-0.15, -0.1) is 0 Å². The van der Waals surface area contributed by atoms with Crippen molar-refractivity contribution in [3.8, 4) is 0 Å².